The van der Waals surface area contributed by atoms with E-state index in [0.717, 1.165) is 26.2 Å². The second kappa shape index (κ2) is 6.63. The van der Waals surface area contributed by atoms with Crippen molar-refractivity contribution in [2.45, 2.75) is 12.3 Å². The van der Waals surface area contributed by atoms with E-state index in [1.54, 1.807) is 0 Å². The molecule has 3 heteroatoms. The van der Waals surface area contributed by atoms with Crippen molar-refractivity contribution >= 4 is 22.3 Å². The van der Waals surface area contributed by atoms with Crippen molar-refractivity contribution in [3.8, 4) is 0 Å². The predicted molar refractivity (Wildman–Crippen MR) is 119 cm³/mol. The van der Waals surface area contributed by atoms with Crippen LogP contribution in [0.5, 0.6) is 0 Å². The van der Waals surface area contributed by atoms with Crippen molar-refractivity contribution in [2.24, 2.45) is 0 Å². The molecule has 0 saturated heterocycles. The molecule has 29 heavy (non-hydrogen) atoms. The Labute approximate surface area is 170 Å². The Bertz CT molecular complexity index is 1200. The number of hydrogen-bond donors (Lipinski definition) is 1. The second-order valence-corrected chi connectivity index (χ2v) is 8.09. The van der Waals surface area contributed by atoms with Gasteiger partial charge in [0.25, 0.3) is 0 Å². The molecule has 0 aliphatic carbocycles. The molecule has 0 bridgehead atoms. The van der Waals surface area contributed by atoms with E-state index >= 15 is 0 Å². The van der Waals surface area contributed by atoms with Gasteiger partial charge in [-0.15, -0.1) is 0 Å². The molecular formula is C26H24N3+. The van der Waals surface area contributed by atoms with Gasteiger partial charge >= 0.3 is 0 Å². The van der Waals surface area contributed by atoms with Gasteiger partial charge in [0.1, 0.15) is 12.2 Å². The van der Waals surface area contributed by atoms with E-state index in [1.807, 2.05) is 0 Å². The lowest BCUT2D eigenvalue weighted by Crippen LogP contribution is -2.49. The zero-order valence-corrected chi connectivity index (χ0v) is 16.4. The molecule has 4 aromatic rings. The van der Waals surface area contributed by atoms with Crippen LogP contribution in [0.3, 0.4) is 0 Å². The van der Waals surface area contributed by atoms with Crippen LogP contribution >= 0.6 is 0 Å². The SMILES string of the molecule is c1ccc(C2CN(c3ccccc3)C[N+]3=C2c2[nH]c4ccccc4c2CC3)cc1. The maximum atomic E-state index is 3.77. The normalized spacial score (nSPS) is 18.6. The number of aromatic nitrogens is 1. The van der Waals surface area contributed by atoms with Crippen LogP contribution in [0.2, 0.25) is 0 Å². The summed E-state index contributed by atoms with van der Waals surface area (Å²) in [6, 6.07) is 30.6. The van der Waals surface area contributed by atoms with Crippen LogP contribution in [0.15, 0.2) is 84.9 Å². The minimum atomic E-state index is 0.345. The molecule has 3 heterocycles. The van der Waals surface area contributed by atoms with E-state index in [2.05, 4.69) is 99.4 Å². The molecule has 1 N–H and O–H groups in total. The highest BCUT2D eigenvalue weighted by atomic mass is 15.3. The molecule has 3 aromatic carbocycles. The van der Waals surface area contributed by atoms with Gasteiger partial charge in [-0.2, -0.15) is 0 Å². The van der Waals surface area contributed by atoms with Gasteiger partial charge in [-0.05, 0) is 29.3 Å². The lowest BCUT2D eigenvalue weighted by atomic mass is 9.86. The zero-order chi connectivity index (χ0) is 19.2. The quantitative estimate of drug-likeness (QED) is 0.498. The molecule has 1 unspecified atom stereocenters. The van der Waals surface area contributed by atoms with Gasteiger partial charge in [0.05, 0.1) is 5.92 Å². The summed E-state index contributed by atoms with van der Waals surface area (Å²) >= 11 is 0. The van der Waals surface area contributed by atoms with Crippen LogP contribution in [-0.4, -0.2) is 35.0 Å². The van der Waals surface area contributed by atoms with Gasteiger partial charge in [-0.1, -0.05) is 66.7 Å². The number of aromatic amines is 1. The Morgan fingerprint density at radius 1 is 0.828 bits per heavy atom. The smallest absolute Gasteiger partial charge is 0.219 e. The van der Waals surface area contributed by atoms with Crippen molar-refractivity contribution < 1.29 is 4.58 Å². The largest absolute Gasteiger partial charge is 0.350 e. The highest BCUT2D eigenvalue weighted by molar-refractivity contribution is 6.07. The van der Waals surface area contributed by atoms with Gasteiger partial charge in [0.2, 0.25) is 12.4 Å². The molecule has 0 radical (unpaired) electrons. The molecule has 0 fully saturated rings. The van der Waals surface area contributed by atoms with Crippen molar-refractivity contribution in [2.75, 3.05) is 24.7 Å². The summed E-state index contributed by atoms with van der Waals surface area (Å²) in [6.07, 6.45) is 1.09. The van der Waals surface area contributed by atoms with Crippen LogP contribution in [0.1, 0.15) is 22.7 Å². The van der Waals surface area contributed by atoms with Gasteiger partial charge in [0, 0.05) is 29.6 Å². The monoisotopic (exact) mass is 378 g/mol. The molecular weight excluding hydrogens is 354 g/mol. The Balaban J connectivity index is 1.53. The Kier molecular flexibility index (Phi) is 3.80. The van der Waals surface area contributed by atoms with E-state index in [4.69, 9.17) is 0 Å². The van der Waals surface area contributed by atoms with Crippen LogP contribution < -0.4 is 4.90 Å². The number of nitrogens with zero attached hydrogens (tertiary/aromatic N) is 2. The number of benzene rings is 3. The van der Waals surface area contributed by atoms with Gasteiger partial charge < -0.3 is 9.88 Å². The third-order valence-corrected chi connectivity index (χ3v) is 6.44. The van der Waals surface area contributed by atoms with E-state index in [9.17, 15) is 0 Å². The van der Waals surface area contributed by atoms with E-state index in [0.29, 0.717) is 5.92 Å². The lowest BCUT2D eigenvalue weighted by Gasteiger charge is -2.35. The predicted octanol–water partition coefficient (Wildman–Crippen LogP) is 4.79. The average molecular weight is 378 g/mol. The summed E-state index contributed by atoms with van der Waals surface area (Å²) in [5.41, 5.74) is 8.24. The first kappa shape index (κ1) is 16.6. The summed E-state index contributed by atoms with van der Waals surface area (Å²) in [7, 11) is 0. The molecule has 0 saturated carbocycles. The number of rotatable bonds is 2. The van der Waals surface area contributed by atoms with Crippen molar-refractivity contribution in [3.63, 3.8) is 0 Å². The summed E-state index contributed by atoms with van der Waals surface area (Å²) in [5.74, 6) is 0.345. The highest BCUT2D eigenvalue weighted by Gasteiger charge is 2.40. The lowest BCUT2D eigenvalue weighted by molar-refractivity contribution is -0.532. The van der Waals surface area contributed by atoms with Crippen molar-refractivity contribution in [1.82, 2.24) is 4.98 Å². The first-order chi connectivity index (χ1) is 14.4. The minimum Gasteiger partial charge on any atom is -0.350 e. The fourth-order valence-electron chi connectivity index (χ4n) is 5.09. The Morgan fingerprint density at radius 2 is 1.55 bits per heavy atom. The van der Waals surface area contributed by atoms with Gasteiger partial charge in [-0.25, -0.2) is 4.58 Å². The van der Waals surface area contributed by atoms with Crippen LogP contribution in [0, 0.1) is 0 Å². The fourth-order valence-corrected chi connectivity index (χ4v) is 5.09. The molecule has 2 aliphatic rings. The van der Waals surface area contributed by atoms with E-state index < -0.39 is 0 Å². The Morgan fingerprint density at radius 3 is 2.38 bits per heavy atom. The zero-order valence-electron chi connectivity index (χ0n) is 16.4. The molecule has 1 atom stereocenters. The summed E-state index contributed by atoms with van der Waals surface area (Å²) in [5, 5.41) is 1.38. The molecule has 0 amide bonds. The molecule has 1 aromatic heterocycles. The second-order valence-electron chi connectivity index (χ2n) is 8.09. The van der Waals surface area contributed by atoms with Crippen molar-refractivity contribution in [1.29, 1.82) is 0 Å². The third kappa shape index (κ3) is 2.69. The molecule has 0 spiro atoms. The summed E-state index contributed by atoms with van der Waals surface area (Å²) < 4.78 is 2.59. The Hall–Kier alpha value is -3.33. The van der Waals surface area contributed by atoms with Crippen molar-refractivity contribution in [3.05, 3.63) is 102 Å². The third-order valence-electron chi connectivity index (χ3n) is 6.44. The van der Waals surface area contributed by atoms with Crippen LogP contribution in [0.4, 0.5) is 5.69 Å². The fraction of sp³-hybridized carbons (Fsp3) is 0.192. The van der Waals surface area contributed by atoms with E-state index in [1.165, 1.54) is 39.1 Å². The number of nitrogens with one attached hydrogen (secondary N) is 1. The standard InChI is InChI=1S/C26H23N3/c1-3-9-19(10-4-1)23-17-29(20-11-5-2-6-12-20)18-28-16-15-22-21-13-7-8-14-24(21)27-25(22)26(23)28/h1-14,23H,15-18H2/p+1. The number of hydrogen-bond acceptors (Lipinski definition) is 1. The summed E-state index contributed by atoms with van der Waals surface area (Å²) in [6.45, 7) is 3.00. The molecule has 6 rings (SSSR count). The first-order valence-electron chi connectivity index (χ1n) is 10.4. The van der Waals surface area contributed by atoms with E-state index in [-0.39, 0.29) is 0 Å². The van der Waals surface area contributed by atoms with Crippen LogP contribution in [-0.2, 0) is 6.42 Å². The first-order valence-corrected chi connectivity index (χ1v) is 10.4. The average Bonchev–Trinajstić information content (AvgIpc) is 3.18. The molecule has 3 nitrogen and oxygen atoms in total. The highest BCUT2D eigenvalue weighted by Crippen LogP contribution is 2.34. The number of para-hydroxylation sites is 2. The minimum absolute atomic E-state index is 0.345. The number of anilines is 1. The van der Waals surface area contributed by atoms with Gasteiger partial charge in [-0.3, -0.25) is 0 Å². The molecule has 142 valence electrons. The molecule has 2 aliphatic heterocycles. The number of fused-ring (bicyclic) bond motifs is 4. The topological polar surface area (TPSA) is 22.0 Å². The number of H-pyrrole nitrogens is 1. The summed E-state index contributed by atoms with van der Waals surface area (Å²) in [4.78, 5) is 6.29. The maximum Gasteiger partial charge on any atom is 0.219 e. The maximum absolute atomic E-state index is 3.77. The van der Waals surface area contributed by atoms with Gasteiger partial charge in [0.15, 0.2) is 0 Å². The van der Waals surface area contributed by atoms with Crippen LogP contribution in [0.25, 0.3) is 10.9 Å².